The van der Waals surface area contributed by atoms with Crippen molar-refractivity contribution in [3.05, 3.63) is 34.6 Å². The molecule has 1 aromatic rings. The third-order valence-electron chi connectivity index (χ3n) is 3.70. The predicted molar refractivity (Wildman–Crippen MR) is 73.2 cm³/mol. The van der Waals surface area contributed by atoms with E-state index in [9.17, 15) is 4.39 Å². The van der Waals surface area contributed by atoms with E-state index in [2.05, 4.69) is 17.1 Å². The van der Waals surface area contributed by atoms with Crippen LogP contribution in [0.3, 0.4) is 0 Å². The van der Waals surface area contributed by atoms with Gasteiger partial charge in [0.25, 0.3) is 0 Å². The minimum Gasteiger partial charge on any atom is -0.313 e. The van der Waals surface area contributed by atoms with Crippen LogP contribution >= 0.6 is 0 Å². The van der Waals surface area contributed by atoms with Crippen LogP contribution in [0.25, 0.3) is 0 Å². The first kappa shape index (κ1) is 13.5. The second-order valence-corrected chi connectivity index (χ2v) is 5.46. The van der Waals surface area contributed by atoms with Crippen molar-refractivity contribution in [3.63, 3.8) is 0 Å². The topological polar surface area (TPSA) is 15.3 Å². The van der Waals surface area contributed by atoms with Gasteiger partial charge in [-0.25, -0.2) is 4.39 Å². The van der Waals surface area contributed by atoms with Gasteiger partial charge >= 0.3 is 0 Å². The van der Waals surface area contributed by atoms with E-state index >= 15 is 0 Å². The smallest absolute Gasteiger partial charge is 0.129 e. The van der Waals surface area contributed by atoms with Crippen LogP contribution < -0.4 is 5.32 Å². The number of rotatable bonds is 2. The molecule has 1 aliphatic rings. The van der Waals surface area contributed by atoms with Gasteiger partial charge < -0.3 is 5.32 Å². The Labute approximate surface area is 109 Å². The first-order chi connectivity index (χ1) is 8.56. The van der Waals surface area contributed by atoms with Gasteiger partial charge in [0, 0.05) is 32.2 Å². The van der Waals surface area contributed by atoms with Crippen LogP contribution in [0.1, 0.15) is 30.0 Å². The highest BCUT2D eigenvalue weighted by molar-refractivity contribution is 5.30. The molecule has 2 nitrogen and oxygen atoms in total. The Kier molecular flexibility index (Phi) is 4.36. The zero-order valence-corrected chi connectivity index (χ0v) is 11.6. The molecule has 1 aliphatic heterocycles. The summed E-state index contributed by atoms with van der Waals surface area (Å²) >= 11 is 0. The maximum Gasteiger partial charge on any atom is 0.129 e. The molecule has 0 radical (unpaired) electrons. The van der Waals surface area contributed by atoms with Crippen LogP contribution in [0.2, 0.25) is 0 Å². The van der Waals surface area contributed by atoms with E-state index < -0.39 is 0 Å². The average Bonchev–Trinajstić information content (AvgIpc) is 2.51. The lowest BCUT2D eigenvalue weighted by molar-refractivity contribution is 0.282. The second-order valence-electron chi connectivity index (χ2n) is 5.46. The lowest BCUT2D eigenvalue weighted by atomic mass is 10.1. The summed E-state index contributed by atoms with van der Waals surface area (Å²) in [4.78, 5) is 2.45. The summed E-state index contributed by atoms with van der Waals surface area (Å²) in [6.07, 6.45) is 1.18. The molecule has 0 spiro atoms. The van der Waals surface area contributed by atoms with Crippen molar-refractivity contribution in [2.45, 2.75) is 39.8 Å². The van der Waals surface area contributed by atoms with Crippen molar-refractivity contribution in [2.75, 3.05) is 19.6 Å². The summed E-state index contributed by atoms with van der Waals surface area (Å²) in [5.74, 6) is -0.0649. The monoisotopic (exact) mass is 250 g/mol. The predicted octanol–water partition coefficient (Wildman–Crippen LogP) is 2.63. The number of benzene rings is 1. The normalized spacial score (nSPS) is 21.9. The van der Waals surface area contributed by atoms with Crippen LogP contribution in [0, 0.1) is 19.7 Å². The first-order valence-electron chi connectivity index (χ1n) is 6.77. The fraction of sp³-hybridized carbons (Fsp3) is 0.600. The number of hydrogen-bond donors (Lipinski definition) is 1. The van der Waals surface area contributed by atoms with E-state index in [1.165, 1.54) is 12.0 Å². The third-order valence-corrected chi connectivity index (χ3v) is 3.70. The highest BCUT2D eigenvalue weighted by atomic mass is 19.1. The van der Waals surface area contributed by atoms with Crippen LogP contribution in [0.5, 0.6) is 0 Å². The van der Waals surface area contributed by atoms with Crippen LogP contribution in [0.4, 0.5) is 4.39 Å². The molecule has 0 bridgehead atoms. The van der Waals surface area contributed by atoms with Gasteiger partial charge in [0.05, 0.1) is 0 Å². The van der Waals surface area contributed by atoms with E-state index in [0.717, 1.165) is 37.3 Å². The molecule has 2 rings (SSSR count). The Balaban J connectivity index is 2.05. The molecule has 0 saturated carbocycles. The molecule has 1 N–H and O–H groups in total. The van der Waals surface area contributed by atoms with Gasteiger partial charge in [-0.3, -0.25) is 4.90 Å². The standard InChI is InChI=1S/C15H23FN2/c1-11-8-14(9-12(2)15(11)16)10-18-6-4-13(3)17-5-7-18/h8-9,13,17H,4-7,10H2,1-3H3. The van der Waals surface area contributed by atoms with Gasteiger partial charge in [-0.15, -0.1) is 0 Å². The van der Waals surface area contributed by atoms with Crippen molar-refractivity contribution < 1.29 is 4.39 Å². The number of halogens is 1. The molecule has 1 unspecified atom stereocenters. The quantitative estimate of drug-likeness (QED) is 0.868. The molecule has 1 saturated heterocycles. The maximum atomic E-state index is 13.6. The number of nitrogens with zero attached hydrogens (tertiary/aromatic N) is 1. The van der Waals surface area contributed by atoms with E-state index in [0.29, 0.717) is 6.04 Å². The van der Waals surface area contributed by atoms with E-state index in [-0.39, 0.29) is 5.82 Å². The van der Waals surface area contributed by atoms with Crippen LogP contribution in [0.15, 0.2) is 12.1 Å². The lowest BCUT2D eigenvalue weighted by Gasteiger charge is -2.20. The molecule has 100 valence electrons. The zero-order chi connectivity index (χ0) is 13.1. The Bertz CT molecular complexity index is 394. The van der Waals surface area contributed by atoms with E-state index in [4.69, 9.17) is 0 Å². The Morgan fingerprint density at radius 1 is 1.28 bits per heavy atom. The van der Waals surface area contributed by atoms with Crippen molar-refractivity contribution >= 4 is 0 Å². The van der Waals surface area contributed by atoms with Crippen molar-refractivity contribution in [1.82, 2.24) is 10.2 Å². The van der Waals surface area contributed by atoms with Gasteiger partial charge in [0.2, 0.25) is 0 Å². The SMILES string of the molecule is Cc1cc(CN2CCNC(C)CC2)cc(C)c1F. The van der Waals surface area contributed by atoms with E-state index in [1.54, 1.807) is 0 Å². The van der Waals surface area contributed by atoms with Crippen LogP contribution in [-0.2, 0) is 6.54 Å². The summed E-state index contributed by atoms with van der Waals surface area (Å²) in [7, 11) is 0. The van der Waals surface area contributed by atoms with Gasteiger partial charge in [-0.05, 0) is 43.9 Å². The van der Waals surface area contributed by atoms with Crippen molar-refractivity contribution in [2.24, 2.45) is 0 Å². The largest absolute Gasteiger partial charge is 0.313 e. The Morgan fingerprint density at radius 2 is 1.94 bits per heavy atom. The minimum absolute atomic E-state index is 0.0649. The highest BCUT2D eigenvalue weighted by Crippen LogP contribution is 2.16. The number of nitrogens with one attached hydrogen (secondary N) is 1. The summed E-state index contributed by atoms with van der Waals surface area (Å²) in [6.45, 7) is 10.1. The molecule has 3 heteroatoms. The molecule has 0 aromatic heterocycles. The summed E-state index contributed by atoms with van der Waals surface area (Å²) < 4.78 is 13.6. The molecule has 1 fully saturated rings. The van der Waals surface area contributed by atoms with Gasteiger partial charge in [-0.2, -0.15) is 0 Å². The minimum atomic E-state index is -0.0649. The number of aryl methyl sites for hydroxylation is 2. The van der Waals surface area contributed by atoms with Gasteiger partial charge in [-0.1, -0.05) is 12.1 Å². The summed E-state index contributed by atoms with van der Waals surface area (Å²) in [5, 5.41) is 3.49. The Morgan fingerprint density at radius 3 is 2.61 bits per heavy atom. The molecule has 1 aromatic carbocycles. The highest BCUT2D eigenvalue weighted by Gasteiger charge is 2.14. The summed E-state index contributed by atoms with van der Waals surface area (Å²) in [5.41, 5.74) is 2.73. The van der Waals surface area contributed by atoms with Gasteiger partial charge in [0.15, 0.2) is 0 Å². The molecule has 1 atom stereocenters. The summed E-state index contributed by atoms with van der Waals surface area (Å²) in [6, 6.07) is 4.56. The molecule has 1 heterocycles. The molecular formula is C15H23FN2. The van der Waals surface area contributed by atoms with Crippen molar-refractivity contribution in [3.8, 4) is 0 Å². The third kappa shape index (κ3) is 3.30. The fourth-order valence-electron chi connectivity index (χ4n) is 2.60. The maximum absolute atomic E-state index is 13.6. The second kappa shape index (κ2) is 5.81. The first-order valence-corrected chi connectivity index (χ1v) is 6.77. The van der Waals surface area contributed by atoms with Crippen molar-refractivity contribution in [1.29, 1.82) is 0 Å². The van der Waals surface area contributed by atoms with Crippen LogP contribution in [-0.4, -0.2) is 30.6 Å². The molecule has 0 aliphatic carbocycles. The number of hydrogen-bond acceptors (Lipinski definition) is 2. The molecular weight excluding hydrogens is 227 g/mol. The fourth-order valence-corrected chi connectivity index (χ4v) is 2.60. The zero-order valence-electron chi connectivity index (χ0n) is 11.6. The molecule has 0 amide bonds. The average molecular weight is 250 g/mol. The Hall–Kier alpha value is -0.930. The van der Waals surface area contributed by atoms with E-state index in [1.807, 2.05) is 26.0 Å². The lowest BCUT2D eigenvalue weighted by Crippen LogP contribution is -2.28. The van der Waals surface area contributed by atoms with Gasteiger partial charge in [0.1, 0.15) is 5.82 Å². The molecule has 18 heavy (non-hydrogen) atoms.